The van der Waals surface area contributed by atoms with Crippen LogP contribution in [0.25, 0.3) is 0 Å². The zero-order chi connectivity index (χ0) is 12.8. The molecule has 0 heterocycles. The minimum absolute atomic E-state index is 0.155. The fraction of sp³-hybridized carbons (Fsp3) is 0.600. The zero-order valence-electron chi connectivity index (χ0n) is 10.1. The maximum atomic E-state index is 11.4. The van der Waals surface area contributed by atoms with Crippen molar-refractivity contribution in [3.63, 3.8) is 0 Å². The Balaban J connectivity index is 2.70. The van der Waals surface area contributed by atoms with Crippen LogP contribution in [0.15, 0.2) is 12.2 Å². The first-order valence-corrected chi connectivity index (χ1v) is 5.58. The van der Waals surface area contributed by atoms with E-state index < -0.39 is 7.05 Å². The van der Waals surface area contributed by atoms with E-state index in [9.17, 15) is 14.6 Å². The van der Waals surface area contributed by atoms with Crippen LogP contribution >= 0.6 is 0 Å². The van der Waals surface area contributed by atoms with E-state index in [1.165, 1.54) is 19.2 Å². The predicted octanol–water partition coefficient (Wildman–Crippen LogP) is -0.284. The van der Waals surface area contributed by atoms with E-state index >= 15 is 0 Å². The van der Waals surface area contributed by atoms with Crippen LogP contribution in [0.2, 0.25) is 6.82 Å². The minimum atomic E-state index is -0.772. The summed E-state index contributed by atoms with van der Waals surface area (Å²) in [5, 5.41) is 9.56. The summed E-state index contributed by atoms with van der Waals surface area (Å²) in [6.45, 7) is 1.58. The molecule has 1 N–H and O–H groups in total. The highest BCUT2D eigenvalue weighted by molar-refractivity contribution is 6.73. The number of hydrogen-bond donors (Lipinski definition) is 1. The van der Waals surface area contributed by atoms with E-state index in [0.29, 0.717) is 19.0 Å². The number of hydrogen-bond acceptors (Lipinski definition) is 5. The van der Waals surface area contributed by atoms with Gasteiger partial charge < -0.3 is 19.3 Å². The van der Waals surface area contributed by atoms with Gasteiger partial charge in [-0.2, -0.15) is 0 Å². The molecule has 17 heavy (non-hydrogen) atoms. The summed E-state index contributed by atoms with van der Waals surface area (Å²) >= 11 is 0. The van der Waals surface area contributed by atoms with Crippen LogP contribution in [-0.2, 0) is 14.3 Å². The number of esters is 1. The Morgan fingerprint density at radius 2 is 2.41 bits per heavy atom. The van der Waals surface area contributed by atoms with E-state index in [2.05, 4.69) is 0 Å². The van der Waals surface area contributed by atoms with Gasteiger partial charge in [-0.15, -0.1) is 0 Å². The number of nitrogens with zero attached hydrogens (tertiary/aromatic N) is 1. The molecular formula is C10H16B2NO4. The normalized spacial score (nSPS) is 23.3. The van der Waals surface area contributed by atoms with Gasteiger partial charge in [-0.25, -0.2) is 0 Å². The Morgan fingerprint density at radius 1 is 1.71 bits per heavy atom. The molecule has 7 heteroatoms. The SMILES string of the molecule is COC(=O)[C@@H]1CC=C[C@@H](N([B]C=O)B(C)O)C1. The molecule has 0 saturated carbocycles. The average Bonchev–Trinajstić information content (AvgIpc) is 2.34. The monoisotopic (exact) mass is 236 g/mol. The van der Waals surface area contributed by atoms with Crippen LogP contribution in [-0.4, -0.2) is 49.5 Å². The van der Waals surface area contributed by atoms with E-state index in [0.717, 1.165) is 0 Å². The first-order chi connectivity index (χ1) is 8.10. The first-order valence-electron chi connectivity index (χ1n) is 5.58. The van der Waals surface area contributed by atoms with Gasteiger partial charge in [-0.05, 0) is 19.7 Å². The molecule has 0 saturated heterocycles. The molecule has 1 rings (SSSR count). The Bertz CT molecular complexity index is 309. The van der Waals surface area contributed by atoms with Crippen LogP contribution in [0, 0.1) is 5.92 Å². The van der Waals surface area contributed by atoms with Crippen molar-refractivity contribution in [2.75, 3.05) is 7.11 Å². The van der Waals surface area contributed by atoms with E-state index in [1.54, 1.807) is 6.82 Å². The number of ether oxygens (including phenoxy) is 1. The Morgan fingerprint density at radius 3 is 2.94 bits per heavy atom. The molecule has 0 aromatic rings. The molecule has 1 aliphatic rings. The summed E-state index contributed by atoms with van der Waals surface area (Å²) < 4.78 is 6.23. The molecule has 2 atom stereocenters. The van der Waals surface area contributed by atoms with Crippen LogP contribution in [0.3, 0.4) is 0 Å². The third-order valence-electron chi connectivity index (χ3n) is 2.89. The van der Waals surface area contributed by atoms with Crippen molar-refractivity contribution in [2.45, 2.75) is 25.7 Å². The maximum absolute atomic E-state index is 11.4. The lowest BCUT2D eigenvalue weighted by atomic mass is 9.70. The van der Waals surface area contributed by atoms with Gasteiger partial charge >= 0.3 is 13.0 Å². The third-order valence-corrected chi connectivity index (χ3v) is 2.89. The third kappa shape index (κ3) is 3.71. The van der Waals surface area contributed by atoms with Crippen molar-refractivity contribution >= 4 is 26.6 Å². The summed E-state index contributed by atoms with van der Waals surface area (Å²) in [5.41, 5.74) is 0. The Kier molecular flexibility index (Phi) is 5.44. The second kappa shape index (κ2) is 6.61. The Labute approximate surface area is 102 Å². The first kappa shape index (κ1) is 14.0. The topological polar surface area (TPSA) is 66.8 Å². The number of methoxy groups -OCH3 is 1. The van der Waals surface area contributed by atoms with Crippen LogP contribution in [0.4, 0.5) is 0 Å². The lowest BCUT2D eigenvalue weighted by Crippen LogP contribution is -2.49. The molecule has 0 fully saturated rings. The van der Waals surface area contributed by atoms with Crippen molar-refractivity contribution in [2.24, 2.45) is 5.92 Å². The molecule has 0 aliphatic heterocycles. The van der Waals surface area contributed by atoms with Gasteiger partial charge in [0.1, 0.15) is 0 Å². The van der Waals surface area contributed by atoms with Crippen molar-refractivity contribution in [1.29, 1.82) is 0 Å². The largest absolute Gasteiger partial charge is 0.469 e. The standard InChI is InChI=1S/C10H16B2NO4/c1-12(16)13(11-7-14)9-5-3-4-8(6-9)10(15)17-2/h3,5,7-9,16H,4,6H2,1-2H3/t8-,9-/m1/s1. The molecule has 0 spiro atoms. The van der Waals surface area contributed by atoms with E-state index in [-0.39, 0.29) is 17.9 Å². The summed E-state index contributed by atoms with van der Waals surface area (Å²) in [7, 11) is 1.88. The van der Waals surface area contributed by atoms with Gasteiger partial charge in [0, 0.05) is 6.04 Å². The molecule has 91 valence electrons. The quantitative estimate of drug-likeness (QED) is 0.307. The summed E-state index contributed by atoms with van der Waals surface area (Å²) in [6, 6.07) is -0.155. The molecule has 0 amide bonds. The van der Waals surface area contributed by atoms with Gasteiger partial charge in [0.15, 0.2) is 0 Å². The highest BCUT2D eigenvalue weighted by Gasteiger charge is 2.31. The van der Waals surface area contributed by atoms with Gasteiger partial charge in [-0.1, -0.05) is 12.2 Å². The maximum Gasteiger partial charge on any atom is 0.365 e. The van der Waals surface area contributed by atoms with Crippen LogP contribution in [0.1, 0.15) is 12.8 Å². The zero-order valence-corrected chi connectivity index (χ0v) is 10.1. The minimum Gasteiger partial charge on any atom is -0.469 e. The fourth-order valence-corrected chi connectivity index (χ4v) is 2.03. The highest BCUT2D eigenvalue weighted by Crippen LogP contribution is 2.23. The fourth-order valence-electron chi connectivity index (χ4n) is 2.03. The lowest BCUT2D eigenvalue weighted by Gasteiger charge is -2.33. The summed E-state index contributed by atoms with van der Waals surface area (Å²) in [4.78, 5) is 22.0. The molecule has 1 radical (unpaired) electrons. The summed E-state index contributed by atoms with van der Waals surface area (Å²) in [5.74, 6) is -0.465. The predicted molar refractivity (Wildman–Crippen MR) is 65.8 cm³/mol. The number of rotatable bonds is 5. The number of allylic oxidation sites excluding steroid dienone is 1. The molecular weight excluding hydrogens is 220 g/mol. The van der Waals surface area contributed by atoms with Crippen molar-refractivity contribution in [1.82, 2.24) is 4.72 Å². The van der Waals surface area contributed by atoms with Gasteiger partial charge in [0.05, 0.1) is 19.2 Å². The summed E-state index contributed by atoms with van der Waals surface area (Å²) in [6.07, 6.45) is 5.58. The second-order valence-corrected chi connectivity index (χ2v) is 4.05. The number of carbonyl (C=O) groups excluding carboxylic acids is 2. The Hall–Kier alpha value is -1.07. The van der Waals surface area contributed by atoms with Gasteiger partial charge in [0.2, 0.25) is 0 Å². The smallest absolute Gasteiger partial charge is 0.365 e. The molecule has 0 unspecified atom stereocenters. The van der Waals surface area contributed by atoms with E-state index in [4.69, 9.17) is 4.74 Å². The van der Waals surface area contributed by atoms with Crippen molar-refractivity contribution < 1.29 is 19.3 Å². The number of carbonyl (C=O) groups is 2. The lowest BCUT2D eigenvalue weighted by molar-refractivity contribution is -0.145. The van der Waals surface area contributed by atoms with E-state index in [1.807, 2.05) is 12.2 Å². The van der Waals surface area contributed by atoms with Crippen LogP contribution in [0.5, 0.6) is 0 Å². The van der Waals surface area contributed by atoms with Crippen molar-refractivity contribution in [3.8, 4) is 0 Å². The van der Waals surface area contributed by atoms with Crippen molar-refractivity contribution in [3.05, 3.63) is 12.2 Å². The van der Waals surface area contributed by atoms with Gasteiger partial charge in [0.25, 0.3) is 7.41 Å². The second-order valence-electron chi connectivity index (χ2n) is 4.05. The molecule has 0 bridgehead atoms. The molecule has 5 nitrogen and oxygen atoms in total. The highest BCUT2D eigenvalue weighted by atomic mass is 16.5. The van der Waals surface area contributed by atoms with Crippen LogP contribution < -0.4 is 0 Å². The molecule has 0 aromatic carbocycles. The van der Waals surface area contributed by atoms with Gasteiger partial charge in [-0.3, -0.25) is 4.79 Å². The molecule has 1 aliphatic carbocycles. The average molecular weight is 236 g/mol. The molecule has 0 aromatic heterocycles.